The van der Waals surface area contributed by atoms with Gasteiger partial charge in [-0.1, -0.05) is 51.3 Å². The van der Waals surface area contributed by atoms with Crippen molar-refractivity contribution >= 4 is 50.7 Å². The zero-order valence-electron chi connectivity index (χ0n) is 12.2. The zero-order chi connectivity index (χ0) is 16.6. The molecule has 0 unspecified atom stereocenters. The molecule has 0 N–H and O–H groups in total. The molecule has 3 aromatic rings. The molecule has 0 spiro atoms. The summed E-state index contributed by atoms with van der Waals surface area (Å²) in [5, 5.41) is 5.76. The van der Waals surface area contributed by atoms with Crippen molar-refractivity contribution in [1.82, 2.24) is 9.78 Å². The molecule has 23 heavy (non-hydrogen) atoms. The van der Waals surface area contributed by atoms with Gasteiger partial charge in [0.2, 0.25) is 0 Å². The van der Waals surface area contributed by atoms with Crippen molar-refractivity contribution in [2.24, 2.45) is 0 Å². The predicted molar refractivity (Wildman–Crippen MR) is 101 cm³/mol. The molecule has 2 aromatic carbocycles. The fourth-order valence-corrected chi connectivity index (χ4v) is 3.45. The molecule has 0 fully saturated rings. The molecule has 0 atom stereocenters. The summed E-state index contributed by atoms with van der Waals surface area (Å²) in [6, 6.07) is 13.4. The molecular weight excluding hydrogens is 418 g/mol. The van der Waals surface area contributed by atoms with Gasteiger partial charge in [-0.2, -0.15) is 5.10 Å². The normalized spacial score (nSPS) is 11.0. The van der Waals surface area contributed by atoms with E-state index in [0.29, 0.717) is 15.9 Å². The molecule has 0 radical (unpaired) electrons. The Balaban J connectivity index is 2.26. The molecule has 1 heterocycles. The smallest absolute Gasteiger partial charge is 0.0840 e. The third kappa shape index (κ3) is 3.29. The van der Waals surface area contributed by atoms with Gasteiger partial charge in [-0.25, -0.2) is 4.68 Å². The summed E-state index contributed by atoms with van der Waals surface area (Å²) < 4.78 is 2.85. The predicted octanol–water partition coefficient (Wildman–Crippen LogP) is 6.66. The Morgan fingerprint density at radius 2 is 1.78 bits per heavy atom. The van der Waals surface area contributed by atoms with Crippen LogP contribution in [0.4, 0.5) is 0 Å². The van der Waals surface area contributed by atoms with Crippen LogP contribution in [-0.2, 0) is 5.88 Å². The highest BCUT2D eigenvalue weighted by molar-refractivity contribution is 9.10. The summed E-state index contributed by atoms with van der Waals surface area (Å²) in [5.41, 5.74) is 4.65. The van der Waals surface area contributed by atoms with Crippen molar-refractivity contribution in [2.45, 2.75) is 12.8 Å². The van der Waals surface area contributed by atoms with Crippen molar-refractivity contribution in [3.05, 3.63) is 68.2 Å². The number of hydrogen-bond donors (Lipinski definition) is 0. The van der Waals surface area contributed by atoms with Gasteiger partial charge >= 0.3 is 0 Å². The molecule has 6 heteroatoms. The lowest BCUT2D eigenvalue weighted by Gasteiger charge is -2.11. The van der Waals surface area contributed by atoms with E-state index in [1.165, 1.54) is 0 Å². The number of aromatic nitrogens is 2. The number of rotatable bonds is 3. The first-order chi connectivity index (χ1) is 11.0. The summed E-state index contributed by atoms with van der Waals surface area (Å²) in [5.74, 6) is 0.341. The summed E-state index contributed by atoms with van der Waals surface area (Å²) in [4.78, 5) is 0. The van der Waals surface area contributed by atoms with E-state index < -0.39 is 0 Å². The first-order valence-electron chi connectivity index (χ1n) is 6.87. The van der Waals surface area contributed by atoms with E-state index in [9.17, 15) is 0 Å². The first-order valence-corrected chi connectivity index (χ1v) is 8.95. The van der Waals surface area contributed by atoms with Crippen LogP contribution >= 0.6 is 50.7 Å². The molecule has 0 aliphatic carbocycles. The average molecular weight is 431 g/mol. The fraction of sp³-hybridized carbons (Fsp3) is 0.118. The third-order valence-corrected chi connectivity index (χ3v) is 4.92. The second kappa shape index (κ2) is 6.86. The van der Waals surface area contributed by atoms with Gasteiger partial charge in [0.25, 0.3) is 0 Å². The van der Waals surface area contributed by atoms with E-state index in [1.54, 1.807) is 12.1 Å². The van der Waals surface area contributed by atoms with Gasteiger partial charge in [-0.15, -0.1) is 11.6 Å². The Labute approximate surface area is 158 Å². The van der Waals surface area contributed by atoms with Crippen molar-refractivity contribution in [1.29, 1.82) is 0 Å². The monoisotopic (exact) mass is 428 g/mol. The van der Waals surface area contributed by atoms with Crippen LogP contribution < -0.4 is 0 Å². The van der Waals surface area contributed by atoms with Gasteiger partial charge in [-0.05, 0) is 42.8 Å². The van der Waals surface area contributed by atoms with Crippen LogP contribution in [0.1, 0.15) is 11.3 Å². The molecule has 0 bridgehead atoms. The van der Waals surface area contributed by atoms with Gasteiger partial charge in [-0.3, -0.25) is 0 Å². The Morgan fingerprint density at radius 3 is 2.39 bits per heavy atom. The number of nitrogens with zero attached hydrogens (tertiary/aromatic N) is 2. The number of hydrogen-bond acceptors (Lipinski definition) is 1. The minimum atomic E-state index is 0.341. The maximum absolute atomic E-state index is 6.37. The SMILES string of the molecule is Cc1c(CCl)nn(-c2ccc(Cl)cc2Cl)c1-c1ccc(Br)cc1. The Bertz CT molecular complexity index is 857. The quantitative estimate of drug-likeness (QED) is 0.425. The van der Waals surface area contributed by atoms with Crippen LogP contribution in [0, 0.1) is 6.92 Å². The standard InChI is InChI=1S/C17H12BrCl3N2/c1-10-15(9-19)22-23(16-7-6-13(20)8-14(16)21)17(10)11-2-4-12(18)5-3-11/h2-8H,9H2,1H3. The maximum atomic E-state index is 6.37. The van der Waals surface area contributed by atoms with E-state index in [4.69, 9.17) is 34.8 Å². The van der Waals surface area contributed by atoms with Gasteiger partial charge in [0, 0.05) is 15.1 Å². The second-order valence-corrected chi connectivity index (χ2v) is 7.09. The van der Waals surface area contributed by atoms with Crippen molar-refractivity contribution in [2.75, 3.05) is 0 Å². The van der Waals surface area contributed by atoms with Crippen LogP contribution in [0.25, 0.3) is 16.9 Å². The summed E-state index contributed by atoms with van der Waals surface area (Å²) in [7, 11) is 0. The first kappa shape index (κ1) is 16.8. The van der Waals surface area contributed by atoms with E-state index in [0.717, 1.165) is 32.7 Å². The van der Waals surface area contributed by atoms with Crippen molar-refractivity contribution in [3.8, 4) is 16.9 Å². The van der Waals surface area contributed by atoms with Crippen molar-refractivity contribution < 1.29 is 0 Å². The lowest BCUT2D eigenvalue weighted by Crippen LogP contribution is -2.00. The van der Waals surface area contributed by atoms with Gasteiger partial charge in [0.15, 0.2) is 0 Å². The molecule has 0 saturated heterocycles. The van der Waals surface area contributed by atoms with Crippen LogP contribution in [-0.4, -0.2) is 9.78 Å². The Morgan fingerprint density at radius 1 is 1.09 bits per heavy atom. The summed E-state index contributed by atoms with van der Waals surface area (Å²) in [6.45, 7) is 2.02. The largest absolute Gasteiger partial charge is 0.231 e. The lowest BCUT2D eigenvalue weighted by molar-refractivity contribution is 0.865. The number of alkyl halides is 1. The minimum Gasteiger partial charge on any atom is -0.231 e. The van der Waals surface area contributed by atoms with Crippen LogP contribution in [0.15, 0.2) is 46.9 Å². The van der Waals surface area contributed by atoms with E-state index in [-0.39, 0.29) is 0 Å². The van der Waals surface area contributed by atoms with Crippen LogP contribution in [0.2, 0.25) is 10.0 Å². The molecule has 0 aliphatic heterocycles. The molecule has 2 nitrogen and oxygen atoms in total. The lowest BCUT2D eigenvalue weighted by atomic mass is 10.1. The van der Waals surface area contributed by atoms with Crippen molar-refractivity contribution in [3.63, 3.8) is 0 Å². The zero-order valence-corrected chi connectivity index (χ0v) is 16.0. The molecule has 1 aromatic heterocycles. The molecular formula is C17H12BrCl3N2. The summed E-state index contributed by atoms with van der Waals surface area (Å²) in [6.07, 6.45) is 0. The molecule has 118 valence electrons. The van der Waals surface area contributed by atoms with Gasteiger partial charge in [0.1, 0.15) is 0 Å². The summed E-state index contributed by atoms with van der Waals surface area (Å²) >= 11 is 21.9. The Hall–Kier alpha value is -1.00. The molecule has 0 saturated carbocycles. The highest BCUT2D eigenvalue weighted by atomic mass is 79.9. The van der Waals surface area contributed by atoms with E-state index >= 15 is 0 Å². The maximum Gasteiger partial charge on any atom is 0.0840 e. The third-order valence-electron chi connectivity index (χ3n) is 3.60. The Kier molecular flexibility index (Phi) is 5.02. The van der Waals surface area contributed by atoms with Crippen LogP contribution in [0.5, 0.6) is 0 Å². The van der Waals surface area contributed by atoms with Gasteiger partial charge in [0.05, 0.1) is 28.0 Å². The second-order valence-electron chi connectivity index (χ2n) is 5.07. The van der Waals surface area contributed by atoms with E-state index in [2.05, 4.69) is 21.0 Å². The van der Waals surface area contributed by atoms with E-state index in [1.807, 2.05) is 41.9 Å². The minimum absolute atomic E-state index is 0.341. The number of halogens is 4. The molecule has 0 amide bonds. The van der Waals surface area contributed by atoms with Crippen LogP contribution in [0.3, 0.4) is 0 Å². The number of benzene rings is 2. The average Bonchev–Trinajstić information content (AvgIpc) is 2.85. The fourth-order valence-electron chi connectivity index (χ4n) is 2.44. The highest BCUT2D eigenvalue weighted by Crippen LogP contribution is 2.33. The van der Waals surface area contributed by atoms with Gasteiger partial charge < -0.3 is 0 Å². The molecule has 3 rings (SSSR count). The molecule has 0 aliphatic rings. The highest BCUT2D eigenvalue weighted by Gasteiger charge is 2.18. The topological polar surface area (TPSA) is 17.8 Å².